The lowest BCUT2D eigenvalue weighted by atomic mass is 10.1. The van der Waals surface area contributed by atoms with Crippen molar-refractivity contribution < 1.29 is 9.53 Å². The number of aromatic nitrogens is 2. The van der Waals surface area contributed by atoms with Crippen molar-refractivity contribution in [1.82, 2.24) is 14.7 Å². The lowest BCUT2D eigenvalue weighted by Gasteiger charge is -2.09. The van der Waals surface area contributed by atoms with Gasteiger partial charge in [-0.2, -0.15) is 5.10 Å². The van der Waals surface area contributed by atoms with Crippen LogP contribution >= 0.6 is 0 Å². The molecule has 0 bridgehead atoms. The Kier molecular flexibility index (Phi) is 3.93. The number of likely N-dealkylation sites (N-methyl/N-ethyl adjacent to an activating group) is 1. The molecule has 0 aliphatic rings. The fourth-order valence-corrected chi connectivity index (χ4v) is 1.79. The normalized spacial score (nSPS) is 10.3. The van der Waals surface area contributed by atoms with Crippen LogP contribution in [0.4, 0.5) is 5.69 Å². The molecule has 0 unspecified atom stereocenters. The van der Waals surface area contributed by atoms with E-state index in [9.17, 15) is 4.79 Å². The molecule has 0 radical (unpaired) electrons. The van der Waals surface area contributed by atoms with E-state index in [-0.39, 0.29) is 12.5 Å². The van der Waals surface area contributed by atoms with Crippen LogP contribution in [0.15, 0.2) is 30.6 Å². The van der Waals surface area contributed by atoms with Crippen molar-refractivity contribution in [2.45, 2.75) is 6.54 Å². The maximum atomic E-state index is 11.6. The number of nitrogen functional groups attached to an aromatic ring is 1. The molecule has 0 aliphatic heterocycles. The number of amides is 1. The number of methoxy groups -OCH3 is 1. The molecule has 1 amide bonds. The molecule has 1 aromatic heterocycles. The Morgan fingerprint density at radius 3 is 2.75 bits per heavy atom. The molecular formula is C14H18N4O2. The van der Waals surface area contributed by atoms with E-state index in [1.165, 1.54) is 4.90 Å². The molecule has 2 aromatic rings. The number of nitrogens with two attached hydrogens (primary N) is 1. The van der Waals surface area contributed by atoms with E-state index in [0.717, 1.165) is 11.1 Å². The van der Waals surface area contributed by atoms with Crippen LogP contribution in [0.3, 0.4) is 0 Å². The number of anilines is 1. The third-order valence-electron chi connectivity index (χ3n) is 2.93. The highest BCUT2D eigenvalue weighted by atomic mass is 16.5. The summed E-state index contributed by atoms with van der Waals surface area (Å²) >= 11 is 0. The summed E-state index contributed by atoms with van der Waals surface area (Å²) in [4.78, 5) is 13.2. The fourth-order valence-electron chi connectivity index (χ4n) is 1.79. The van der Waals surface area contributed by atoms with Gasteiger partial charge in [0.25, 0.3) is 0 Å². The molecule has 106 valence electrons. The second-order valence-corrected chi connectivity index (χ2v) is 4.71. The number of hydrogen-bond acceptors (Lipinski definition) is 4. The Labute approximate surface area is 117 Å². The van der Waals surface area contributed by atoms with Gasteiger partial charge in [0.1, 0.15) is 12.3 Å². The Morgan fingerprint density at radius 1 is 1.35 bits per heavy atom. The Balaban J connectivity index is 2.24. The van der Waals surface area contributed by atoms with Crippen LogP contribution in [0.25, 0.3) is 11.1 Å². The summed E-state index contributed by atoms with van der Waals surface area (Å²) in [6, 6.07) is 5.48. The largest absolute Gasteiger partial charge is 0.497 e. The summed E-state index contributed by atoms with van der Waals surface area (Å²) in [6.45, 7) is 0.215. The monoisotopic (exact) mass is 274 g/mol. The summed E-state index contributed by atoms with van der Waals surface area (Å²) in [5, 5.41) is 4.19. The molecule has 0 spiro atoms. The summed E-state index contributed by atoms with van der Waals surface area (Å²) in [6.07, 6.45) is 3.52. The van der Waals surface area contributed by atoms with Crippen LogP contribution in [-0.2, 0) is 11.3 Å². The maximum absolute atomic E-state index is 11.6. The van der Waals surface area contributed by atoms with Gasteiger partial charge in [0, 0.05) is 37.6 Å². The summed E-state index contributed by atoms with van der Waals surface area (Å²) in [5.74, 6) is 0.682. The number of benzene rings is 1. The van der Waals surface area contributed by atoms with E-state index in [1.807, 2.05) is 18.3 Å². The first-order chi connectivity index (χ1) is 9.49. The minimum atomic E-state index is -0.00944. The number of rotatable bonds is 4. The van der Waals surface area contributed by atoms with Crippen molar-refractivity contribution in [1.29, 1.82) is 0 Å². The van der Waals surface area contributed by atoms with Gasteiger partial charge in [0.2, 0.25) is 5.91 Å². The second-order valence-electron chi connectivity index (χ2n) is 4.71. The van der Waals surface area contributed by atoms with Gasteiger partial charge >= 0.3 is 0 Å². The van der Waals surface area contributed by atoms with E-state index < -0.39 is 0 Å². The minimum absolute atomic E-state index is 0.00944. The lowest BCUT2D eigenvalue weighted by molar-refractivity contribution is -0.129. The molecule has 0 aliphatic carbocycles. The molecule has 0 atom stereocenters. The van der Waals surface area contributed by atoms with Gasteiger partial charge < -0.3 is 15.4 Å². The SMILES string of the molecule is COc1cc(N)cc(-c2cnn(CC(=O)N(C)C)c2)c1. The van der Waals surface area contributed by atoms with Gasteiger partial charge in [-0.3, -0.25) is 9.48 Å². The molecule has 0 saturated carbocycles. The minimum Gasteiger partial charge on any atom is -0.497 e. The van der Waals surface area contributed by atoms with Crippen LogP contribution in [0.1, 0.15) is 0 Å². The van der Waals surface area contributed by atoms with Gasteiger partial charge in [-0.15, -0.1) is 0 Å². The van der Waals surface area contributed by atoms with E-state index in [0.29, 0.717) is 11.4 Å². The van der Waals surface area contributed by atoms with Crippen molar-refractivity contribution in [3.8, 4) is 16.9 Å². The molecule has 6 heteroatoms. The molecule has 0 fully saturated rings. The van der Waals surface area contributed by atoms with Gasteiger partial charge in [0.15, 0.2) is 0 Å². The predicted molar refractivity (Wildman–Crippen MR) is 77.3 cm³/mol. The van der Waals surface area contributed by atoms with E-state index in [1.54, 1.807) is 38.2 Å². The summed E-state index contributed by atoms with van der Waals surface area (Å²) < 4.78 is 6.80. The van der Waals surface area contributed by atoms with Crippen molar-refractivity contribution in [3.63, 3.8) is 0 Å². The Morgan fingerprint density at radius 2 is 2.10 bits per heavy atom. The van der Waals surface area contributed by atoms with E-state index in [4.69, 9.17) is 10.5 Å². The fraction of sp³-hybridized carbons (Fsp3) is 0.286. The number of ether oxygens (including phenoxy) is 1. The zero-order chi connectivity index (χ0) is 14.7. The second kappa shape index (κ2) is 5.64. The molecule has 2 N–H and O–H groups in total. The number of carbonyl (C=O) groups is 1. The van der Waals surface area contributed by atoms with Crippen LogP contribution < -0.4 is 10.5 Å². The first kappa shape index (κ1) is 13.9. The number of carbonyl (C=O) groups excluding carboxylic acids is 1. The molecule has 1 heterocycles. The summed E-state index contributed by atoms with van der Waals surface area (Å²) in [5.41, 5.74) is 8.25. The van der Waals surface area contributed by atoms with Crippen LogP contribution in [-0.4, -0.2) is 41.8 Å². The average molecular weight is 274 g/mol. The standard InChI is InChI=1S/C14H18N4O2/c1-17(2)14(19)9-18-8-11(7-16-18)10-4-12(15)6-13(5-10)20-3/h4-8H,9,15H2,1-3H3. The van der Waals surface area contributed by atoms with Crippen LogP contribution in [0, 0.1) is 0 Å². The third-order valence-corrected chi connectivity index (χ3v) is 2.93. The molecule has 2 rings (SSSR count). The lowest BCUT2D eigenvalue weighted by Crippen LogP contribution is -2.26. The van der Waals surface area contributed by atoms with Crippen molar-refractivity contribution in [3.05, 3.63) is 30.6 Å². The molecule has 1 aromatic carbocycles. The Hall–Kier alpha value is -2.50. The molecule has 6 nitrogen and oxygen atoms in total. The molecule has 20 heavy (non-hydrogen) atoms. The highest BCUT2D eigenvalue weighted by Crippen LogP contribution is 2.26. The quantitative estimate of drug-likeness (QED) is 0.851. The average Bonchev–Trinajstić information content (AvgIpc) is 2.86. The third kappa shape index (κ3) is 3.09. The van der Waals surface area contributed by atoms with Crippen molar-refractivity contribution >= 4 is 11.6 Å². The van der Waals surface area contributed by atoms with Gasteiger partial charge in [0.05, 0.1) is 13.3 Å². The highest BCUT2D eigenvalue weighted by molar-refractivity contribution is 5.75. The summed E-state index contributed by atoms with van der Waals surface area (Å²) in [7, 11) is 5.03. The molecule has 0 saturated heterocycles. The van der Waals surface area contributed by atoms with Crippen molar-refractivity contribution in [2.24, 2.45) is 0 Å². The van der Waals surface area contributed by atoms with Gasteiger partial charge in [-0.1, -0.05) is 0 Å². The van der Waals surface area contributed by atoms with E-state index >= 15 is 0 Å². The van der Waals surface area contributed by atoms with Crippen molar-refractivity contribution in [2.75, 3.05) is 26.9 Å². The topological polar surface area (TPSA) is 73.4 Å². The van der Waals surface area contributed by atoms with Gasteiger partial charge in [-0.05, 0) is 17.7 Å². The van der Waals surface area contributed by atoms with E-state index in [2.05, 4.69) is 5.10 Å². The maximum Gasteiger partial charge on any atom is 0.243 e. The first-order valence-electron chi connectivity index (χ1n) is 6.17. The smallest absolute Gasteiger partial charge is 0.243 e. The van der Waals surface area contributed by atoms with Crippen LogP contribution in [0.2, 0.25) is 0 Å². The predicted octanol–water partition coefficient (Wildman–Crippen LogP) is 1.23. The number of nitrogens with zero attached hydrogens (tertiary/aromatic N) is 3. The zero-order valence-electron chi connectivity index (χ0n) is 11.8. The molecular weight excluding hydrogens is 256 g/mol. The Bertz CT molecular complexity index is 619. The van der Waals surface area contributed by atoms with Crippen LogP contribution in [0.5, 0.6) is 5.75 Å². The zero-order valence-corrected chi connectivity index (χ0v) is 11.8. The number of hydrogen-bond donors (Lipinski definition) is 1. The van der Waals surface area contributed by atoms with Gasteiger partial charge in [-0.25, -0.2) is 0 Å². The highest BCUT2D eigenvalue weighted by Gasteiger charge is 2.09. The first-order valence-corrected chi connectivity index (χ1v) is 6.17.